The van der Waals surface area contributed by atoms with E-state index in [1.165, 1.54) is 6.92 Å². The third-order valence-corrected chi connectivity index (χ3v) is 4.58. The molecule has 0 heterocycles. The second-order valence-electron chi connectivity index (χ2n) is 6.31. The predicted octanol–water partition coefficient (Wildman–Crippen LogP) is 2.79. The summed E-state index contributed by atoms with van der Waals surface area (Å²) in [6.07, 6.45) is 0.161. The van der Waals surface area contributed by atoms with Crippen LogP contribution in [0.3, 0.4) is 0 Å². The summed E-state index contributed by atoms with van der Waals surface area (Å²) < 4.78 is 13.7. The first-order chi connectivity index (χ1) is 13.2. The van der Waals surface area contributed by atoms with Crippen molar-refractivity contribution in [2.24, 2.45) is 0 Å². The van der Waals surface area contributed by atoms with Crippen molar-refractivity contribution in [2.45, 2.75) is 51.5 Å². The molecule has 1 amide bonds. The van der Waals surface area contributed by atoms with Gasteiger partial charge in [-0.15, -0.1) is 0 Å². The fourth-order valence-corrected chi connectivity index (χ4v) is 2.89. The molecule has 0 saturated heterocycles. The molecule has 0 aliphatic heterocycles. The molecule has 1 rings (SSSR count). The minimum atomic E-state index is -1.09. The maximum absolute atomic E-state index is 12.6. The highest BCUT2D eigenvalue weighted by Crippen LogP contribution is 2.31. The fraction of sp³-hybridized carbons (Fsp3) is 0.474. The SMILES string of the molecule is CCC(=O)OCOC(=O)SC(C)(C)[C@@H](NC(C)=O)C(=O)OCc1ccccc1. The standard InChI is InChI=1S/C19H25NO7S/c1-5-15(22)26-12-27-18(24)28-19(3,4)16(20-13(2)21)17(23)25-11-14-9-7-6-8-10-14/h6-10,16H,5,11-12H2,1-4H3,(H,20,21)/t16-/m0/s1. The van der Waals surface area contributed by atoms with Crippen molar-refractivity contribution < 1.29 is 33.4 Å². The predicted molar refractivity (Wildman–Crippen MR) is 103 cm³/mol. The van der Waals surface area contributed by atoms with Gasteiger partial charge in [0.2, 0.25) is 12.7 Å². The van der Waals surface area contributed by atoms with Crippen molar-refractivity contribution in [1.82, 2.24) is 5.32 Å². The Labute approximate surface area is 168 Å². The van der Waals surface area contributed by atoms with Crippen LogP contribution in [-0.4, -0.2) is 40.7 Å². The molecular formula is C19H25NO7S. The highest BCUT2D eigenvalue weighted by molar-refractivity contribution is 8.14. The van der Waals surface area contributed by atoms with Crippen molar-refractivity contribution in [3.63, 3.8) is 0 Å². The zero-order valence-electron chi connectivity index (χ0n) is 16.4. The molecule has 1 aromatic rings. The number of amides is 1. The lowest BCUT2D eigenvalue weighted by atomic mass is 10.0. The average Bonchev–Trinajstić information content (AvgIpc) is 2.64. The zero-order valence-corrected chi connectivity index (χ0v) is 17.2. The number of rotatable bonds is 9. The molecule has 28 heavy (non-hydrogen) atoms. The molecule has 1 aromatic carbocycles. The molecule has 8 nitrogen and oxygen atoms in total. The molecule has 9 heteroatoms. The molecule has 0 radical (unpaired) electrons. The molecule has 0 unspecified atom stereocenters. The Balaban J connectivity index is 2.71. The van der Waals surface area contributed by atoms with Gasteiger partial charge in [0.25, 0.3) is 0 Å². The largest absolute Gasteiger partial charge is 0.459 e. The smallest absolute Gasteiger partial charge is 0.370 e. The minimum Gasteiger partial charge on any atom is -0.459 e. The monoisotopic (exact) mass is 411 g/mol. The molecule has 1 N–H and O–H groups in total. The van der Waals surface area contributed by atoms with E-state index in [2.05, 4.69) is 10.1 Å². The highest BCUT2D eigenvalue weighted by Gasteiger charge is 2.40. The molecule has 0 aromatic heterocycles. The topological polar surface area (TPSA) is 108 Å². The molecule has 0 aliphatic carbocycles. The van der Waals surface area contributed by atoms with Gasteiger partial charge in [-0.2, -0.15) is 0 Å². The van der Waals surface area contributed by atoms with Crippen LogP contribution < -0.4 is 5.32 Å². The van der Waals surface area contributed by atoms with Gasteiger partial charge in [-0.25, -0.2) is 9.59 Å². The van der Waals surface area contributed by atoms with E-state index in [-0.39, 0.29) is 13.0 Å². The maximum atomic E-state index is 12.6. The Morgan fingerprint density at radius 3 is 2.29 bits per heavy atom. The number of nitrogens with one attached hydrogen (secondary N) is 1. The zero-order chi connectivity index (χ0) is 21.2. The Kier molecular flexibility index (Phi) is 9.50. The summed E-state index contributed by atoms with van der Waals surface area (Å²) in [5.74, 6) is -1.62. The fourth-order valence-electron chi connectivity index (χ4n) is 2.08. The Morgan fingerprint density at radius 1 is 1.07 bits per heavy atom. The van der Waals surface area contributed by atoms with Gasteiger partial charge in [-0.1, -0.05) is 37.3 Å². The van der Waals surface area contributed by atoms with E-state index >= 15 is 0 Å². The normalized spacial score (nSPS) is 11.9. The molecule has 0 fully saturated rings. The number of carbonyl (C=O) groups excluding carboxylic acids is 4. The van der Waals surface area contributed by atoms with Crippen LogP contribution in [0.25, 0.3) is 0 Å². The van der Waals surface area contributed by atoms with Crippen LogP contribution in [-0.2, 0) is 35.2 Å². The Bertz CT molecular complexity index is 691. The van der Waals surface area contributed by atoms with Crippen LogP contribution in [0.15, 0.2) is 30.3 Å². The quantitative estimate of drug-likeness (QED) is 0.488. The van der Waals surface area contributed by atoms with E-state index < -0.39 is 40.7 Å². The van der Waals surface area contributed by atoms with Crippen molar-refractivity contribution in [3.8, 4) is 0 Å². The number of carbonyl (C=O) groups is 4. The second-order valence-corrected chi connectivity index (χ2v) is 7.90. The first kappa shape index (κ1) is 23.5. The molecule has 154 valence electrons. The average molecular weight is 411 g/mol. The minimum absolute atomic E-state index is 0.0356. The van der Waals surface area contributed by atoms with Gasteiger partial charge in [-0.05, 0) is 31.2 Å². The lowest BCUT2D eigenvalue weighted by Gasteiger charge is -2.31. The molecule has 0 bridgehead atoms. The molecular weight excluding hydrogens is 386 g/mol. The lowest BCUT2D eigenvalue weighted by Crippen LogP contribution is -2.53. The second kappa shape index (κ2) is 11.3. The third kappa shape index (κ3) is 8.43. The number of hydrogen-bond acceptors (Lipinski definition) is 8. The van der Waals surface area contributed by atoms with Crippen LogP contribution in [0.2, 0.25) is 0 Å². The Hall–Kier alpha value is -2.55. The first-order valence-electron chi connectivity index (χ1n) is 8.64. The van der Waals surface area contributed by atoms with E-state index in [0.717, 1.165) is 5.56 Å². The van der Waals surface area contributed by atoms with E-state index in [1.807, 2.05) is 18.2 Å². The summed E-state index contributed by atoms with van der Waals surface area (Å²) in [6, 6.07) is 7.98. The molecule has 0 aliphatic rings. The van der Waals surface area contributed by atoms with Crippen LogP contribution in [0, 0.1) is 0 Å². The van der Waals surface area contributed by atoms with Crippen molar-refractivity contribution >= 4 is 34.9 Å². The van der Waals surface area contributed by atoms with Gasteiger partial charge in [0.15, 0.2) is 0 Å². The van der Waals surface area contributed by atoms with Crippen LogP contribution >= 0.6 is 11.8 Å². The summed E-state index contributed by atoms with van der Waals surface area (Å²) in [7, 11) is 0. The molecule has 0 saturated carbocycles. The third-order valence-electron chi connectivity index (χ3n) is 3.53. The van der Waals surface area contributed by atoms with E-state index in [4.69, 9.17) is 9.47 Å². The van der Waals surface area contributed by atoms with Gasteiger partial charge < -0.3 is 19.5 Å². The number of esters is 2. The van der Waals surface area contributed by atoms with Crippen molar-refractivity contribution in [1.29, 1.82) is 0 Å². The summed E-state index contributed by atoms with van der Waals surface area (Å²) in [6.45, 7) is 5.59. The summed E-state index contributed by atoms with van der Waals surface area (Å²) in [5.41, 5.74) is 0.792. The summed E-state index contributed by atoms with van der Waals surface area (Å²) >= 11 is 0.693. The summed E-state index contributed by atoms with van der Waals surface area (Å²) in [5, 5.41) is 1.77. The summed E-state index contributed by atoms with van der Waals surface area (Å²) in [4.78, 5) is 47.2. The lowest BCUT2D eigenvalue weighted by molar-refractivity contribution is -0.151. The van der Waals surface area contributed by atoms with Gasteiger partial charge in [-0.3, -0.25) is 9.59 Å². The van der Waals surface area contributed by atoms with Crippen molar-refractivity contribution in [2.75, 3.05) is 6.79 Å². The van der Waals surface area contributed by atoms with Gasteiger partial charge >= 0.3 is 17.2 Å². The van der Waals surface area contributed by atoms with Gasteiger partial charge in [0, 0.05) is 13.3 Å². The Morgan fingerprint density at radius 2 is 1.71 bits per heavy atom. The number of benzene rings is 1. The van der Waals surface area contributed by atoms with Crippen molar-refractivity contribution in [3.05, 3.63) is 35.9 Å². The molecule has 1 atom stereocenters. The van der Waals surface area contributed by atoms with Crippen LogP contribution in [0.5, 0.6) is 0 Å². The highest BCUT2D eigenvalue weighted by atomic mass is 32.2. The van der Waals surface area contributed by atoms with E-state index in [1.54, 1.807) is 32.9 Å². The van der Waals surface area contributed by atoms with Gasteiger partial charge in [0.1, 0.15) is 12.6 Å². The number of hydrogen-bond donors (Lipinski definition) is 1. The van der Waals surface area contributed by atoms with Gasteiger partial charge in [0.05, 0.1) is 4.75 Å². The number of thioether (sulfide) groups is 1. The molecule has 0 spiro atoms. The maximum Gasteiger partial charge on any atom is 0.370 e. The number of ether oxygens (including phenoxy) is 3. The van der Waals surface area contributed by atoms with Crippen LogP contribution in [0.1, 0.15) is 39.7 Å². The van der Waals surface area contributed by atoms with E-state index in [0.29, 0.717) is 11.8 Å². The van der Waals surface area contributed by atoms with Crippen LogP contribution in [0.4, 0.5) is 4.79 Å². The van der Waals surface area contributed by atoms with E-state index in [9.17, 15) is 19.2 Å². The first-order valence-corrected chi connectivity index (χ1v) is 9.46.